The molecule has 126 valence electrons. The first-order valence-electron chi connectivity index (χ1n) is 8.46. The van der Waals surface area contributed by atoms with Gasteiger partial charge in [0.1, 0.15) is 11.5 Å². The van der Waals surface area contributed by atoms with Crippen molar-refractivity contribution in [2.24, 2.45) is 0 Å². The molecule has 0 bridgehead atoms. The highest BCUT2D eigenvalue weighted by Gasteiger charge is 2.11. The van der Waals surface area contributed by atoms with Crippen molar-refractivity contribution >= 4 is 17.2 Å². The summed E-state index contributed by atoms with van der Waals surface area (Å²) in [5.74, 6) is 0.584. The number of phenolic OH excluding ortho intramolecular Hbond substituents is 2. The molecule has 0 saturated heterocycles. The van der Waals surface area contributed by atoms with E-state index in [0.29, 0.717) is 5.75 Å². The molecule has 0 fully saturated rings. The maximum Gasteiger partial charge on any atom is 0.122 e. The van der Waals surface area contributed by atoms with Crippen LogP contribution in [0.15, 0.2) is 48.0 Å². The first kappa shape index (κ1) is 17.9. The van der Waals surface area contributed by atoms with Gasteiger partial charge < -0.3 is 10.2 Å². The van der Waals surface area contributed by atoms with Crippen LogP contribution in [0.25, 0.3) is 17.2 Å². The van der Waals surface area contributed by atoms with E-state index in [1.807, 2.05) is 38.1 Å². The second kappa shape index (κ2) is 7.87. The van der Waals surface area contributed by atoms with E-state index in [9.17, 15) is 10.2 Å². The fourth-order valence-electron chi connectivity index (χ4n) is 3.01. The number of allylic oxidation sites excluding steroid dienone is 3. The SMILES string of the molecule is CC/C(=C(/CC)c1ccc(O)c(C=C(C)C)c1)c1ccc(O)cc1. The molecule has 0 atom stereocenters. The summed E-state index contributed by atoms with van der Waals surface area (Å²) in [6, 6.07) is 13.2. The normalized spacial score (nSPS) is 11.8. The number of phenols is 2. The third kappa shape index (κ3) is 4.08. The van der Waals surface area contributed by atoms with Crippen LogP contribution < -0.4 is 0 Å². The van der Waals surface area contributed by atoms with Crippen molar-refractivity contribution in [3.8, 4) is 11.5 Å². The topological polar surface area (TPSA) is 40.5 Å². The summed E-state index contributed by atoms with van der Waals surface area (Å²) < 4.78 is 0. The molecule has 2 N–H and O–H groups in total. The fourth-order valence-corrected chi connectivity index (χ4v) is 3.01. The highest BCUT2D eigenvalue weighted by Crippen LogP contribution is 2.34. The molecule has 2 heteroatoms. The van der Waals surface area contributed by atoms with E-state index in [1.165, 1.54) is 11.1 Å². The monoisotopic (exact) mass is 322 g/mol. The first-order valence-corrected chi connectivity index (χ1v) is 8.46. The lowest BCUT2D eigenvalue weighted by atomic mass is 9.90. The van der Waals surface area contributed by atoms with Crippen LogP contribution in [0.3, 0.4) is 0 Å². The maximum atomic E-state index is 10.1. The third-order valence-corrected chi connectivity index (χ3v) is 4.11. The van der Waals surface area contributed by atoms with Gasteiger partial charge in [-0.3, -0.25) is 0 Å². The molecule has 0 radical (unpaired) electrons. The minimum absolute atomic E-state index is 0.280. The first-order chi connectivity index (χ1) is 11.5. The van der Waals surface area contributed by atoms with Gasteiger partial charge in [-0.2, -0.15) is 0 Å². The second-order valence-electron chi connectivity index (χ2n) is 6.21. The molecule has 2 nitrogen and oxygen atoms in total. The summed E-state index contributed by atoms with van der Waals surface area (Å²) in [5.41, 5.74) is 6.80. The van der Waals surface area contributed by atoms with E-state index in [4.69, 9.17) is 0 Å². The standard InChI is InChI=1S/C22H26O2/c1-5-20(16-7-10-19(23)11-8-16)21(6-2)17-9-12-22(24)18(14-17)13-15(3)4/h7-14,23-24H,5-6H2,1-4H3/b21-20+. The van der Waals surface area contributed by atoms with Gasteiger partial charge in [-0.15, -0.1) is 0 Å². The Labute approximate surface area is 144 Å². The van der Waals surface area contributed by atoms with E-state index >= 15 is 0 Å². The van der Waals surface area contributed by atoms with Gasteiger partial charge in [0.05, 0.1) is 0 Å². The van der Waals surface area contributed by atoms with Crippen LogP contribution in [0, 0.1) is 0 Å². The van der Waals surface area contributed by atoms with E-state index in [0.717, 1.165) is 35.1 Å². The summed E-state index contributed by atoms with van der Waals surface area (Å²) >= 11 is 0. The Morgan fingerprint density at radius 1 is 0.833 bits per heavy atom. The van der Waals surface area contributed by atoms with Crippen LogP contribution in [-0.2, 0) is 0 Å². The molecule has 0 aromatic heterocycles. The second-order valence-corrected chi connectivity index (χ2v) is 6.21. The zero-order chi connectivity index (χ0) is 17.7. The predicted octanol–water partition coefficient (Wildman–Crippen LogP) is 6.25. The molecule has 0 amide bonds. The van der Waals surface area contributed by atoms with Gasteiger partial charge in [0, 0.05) is 5.56 Å². The molecule has 0 aliphatic carbocycles. The molecular formula is C22H26O2. The van der Waals surface area contributed by atoms with Crippen LogP contribution in [0.2, 0.25) is 0 Å². The fraction of sp³-hybridized carbons (Fsp3) is 0.273. The quantitative estimate of drug-likeness (QED) is 0.638. The van der Waals surface area contributed by atoms with E-state index in [2.05, 4.69) is 19.9 Å². The van der Waals surface area contributed by atoms with Crippen molar-refractivity contribution in [1.82, 2.24) is 0 Å². The van der Waals surface area contributed by atoms with Gasteiger partial charge in [0.25, 0.3) is 0 Å². The third-order valence-electron chi connectivity index (χ3n) is 4.11. The lowest BCUT2D eigenvalue weighted by molar-refractivity contribution is 0.473. The number of hydrogen-bond donors (Lipinski definition) is 2. The average molecular weight is 322 g/mol. The van der Waals surface area contributed by atoms with Crippen LogP contribution in [0.4, 0.5) is 0 Å². The van der Waals surface area contributed by atoms with Crippen LogP contribution in [-0.4, -0.2) is 10.2 Å². The van der Waals surface area contributed by atoms with E-state index in [-0.39, 0.29) is 5.75 Å². The summed E-state index contributed by atoms with van der Waals surface area (Å²) in [7, 11) is 0. The summed E-state index contributed by atoms with van der Waals surface area (Å²) in [6.45, 7) is 8.35. The molecule has 0 saturated carbocycles. The molecule has 0 aliphatic heterocycles. The Balaban J connectivity index is 2.60. The van der Waals surface area contributed by atoms with Crippen molar-refractivity contribution < 1.29 is 10.2 Å². The Morgan fingerprint density at radius 3 is 1.92 bits per heavy atom. The molecule has 0 spiro atoms. The lowest BCUT2D eigenvalue weighted by Gasteiger charge is -2.15. The van der Waals surface area contributed by atoms with Crippen LogP contribution in [0.1, 0.15) is 57.2 Å². The molecule has 0 unspecified atom stereocenters. The molecule has 24 heavy (non-hydrogen) atoms. The van der Waals surface area contributed by atoms with Crippen molar-refractivity contribution in [2.75, 3.05) is 0 Å². The predicted molar refractivity (Wildman–Crippen MR) is 103 cm³/mol. The summed E-state index contributed by atoms with van der Waals surface area (Å²) in [4.78, 5) is 0. The Kier molecular flexibility index (Phi) is 5.86. The van der Waals surface area contributed by atoms with Crippen molar-refractivity contribution in [3.63, 3.8) is 0 Å². The van der Waals surface area contributed by atoms with Crippen molar-refractivity contribution in [1.29, 1.82) is 0 Å². The molecular weight excluding hydrogens is 296 g/mol. The van der Waals surface area contributed by atoms with Gasteiger partial charge in [-0.25, -0.2) is 0 Å². The minimum atomic E-state index is 0.280. The summed E-state index contributed by atoms with van der Waals surface area (Å²) in [6.07, 6.45) is 3.81. The minimum Gasteiger partial charge on any atom is -0.508 e. The largest absolute Gasteiger partial charge is 0.508 e. The molecule has 2 aromatic rings. The maximum absolute atomic E-state index is 10.1. The van der Waals surface area contributed by atoms with Gasteiger partial charge >= 0.3 is 0 Å². The Hall–Kier alpha value is -2.48. The highest BCUT2D eigenvalue weighted by molar-refractivity contribution is 5.91. The van der Waals surface area contributed by atoms with E-state index < -0.39 is 0 Å². The zero-order valence-electron chi connectivity index (χ0n) is 14.9. The Morgan fingerprint density at radius 2 is 1.38 bits per heavy atom. The Bertz CT molecular complexity index is 761. The average Bonchev–Trinajstić information content (AvgIpc) is 2.55. The van der Waals surface area contributed by atoms with Gasteiger partial charge in [0.2, 0.25) is 0 Å². The van der Waals surface area contributed by atoms with Gasteiger partial charge in [0.15, 0.2) is 0 Å². The zero-order valence-corrected chi connectivity index (χ0v) is 14.9. The molecule has 0 heterocycles. The lowest BCUT2D eigenvalue weighted by Crippen LogP contribution is -1.92. The molecule has 2 aromatic carbocycles. The van der Waals surface area contributed by atoms with Gasteiger partial charge in [-0.05, 0) is 73.2 Å². The number of hydrogen-bond acceptors (Lipinski definition) is 2. The van der Waals surface area contributed by atoms with Gasteiger partial charge in [-0.1, -0.05) is 43.7 Å². The molecule has 2 rings (SSSR count). The van der Waals surface area contributed by atoms with Crippen LogP contribution in [0.5, 0.6) is 11.5 Å². The van der Waals surface area contributed by atoms with Crippen molar-refractivity contribution in [2.45, 2.75) is 40.5 Å². The summed E-state index contributed by atoms with van der Waals surface area (Å²) in [5, 5.41) is 19.6. The van der Waals surface area contributed by atoms with Crippen molar-refractivity contribution in [3.05, 3.63) is 64.7 Å². The van der Waals surface area contributed by atoms with E-state index in [1.54, 1.807) is 18.2 Å². The highest BCUT2D eigenvalue weighted by atomic mass is 16.3. The number of benzene rings is 2. The number of rotatable bonds is 5. The number of aromatic hydroxyl groups is 2. The smallest absolute Gasteiger partial charge is 0.122 e. The molecule has 0 aliphatic rings. The van der Waals surface area contributed by atoms with Crippen LogP contribution >= 0.6 is 0 Å².